The summed E-state index contributed by atoms with van der Waals surface area (Å²) in [7, 11) is 1.09. The summed E-state index contributed by atoms with van der Waals surface area (Å²) >= 11 is 0. The monoisotopic (exact) mass is 239 g/mol. The van der Waals surface area contributed by atoms with E-state index in [0.717, 1.165) is 13.2 Å². The largest absolute Gasteiger partial charge is 0.504 e. The summed E-state index contributed by atoms with van der Waals surface area (Å²) in [5.74, 6) is -2.17. The first-order valence-electron chi connectivity index (χ1n) is 4.16. The first kappa shape index (κ1) is 12.6. The molecule has 1 rings (SSSR count). The van der Waals surface area contributed by atoms with E-state index in [1.165, 1.54) is 0 Å². The molecule has 1 atom stereocenters. The van der Waals surface area contributed by atoms with Crippen LogP contribution in [0.3, 0.4) is 0 Å². The molecule has 0 saturated carbocycles. The molecule has 0 aliphatic heterocycles. The lowest BCUT2D eigenvalue weighted by Gasteiger charge is -2.18. The molecule has 0 spiro atoms. The van der Waals surface area contributed by atoms with E-state index in [9.17, 15) is 22.7 Å². The first-order chi connectivity index (χ1) is 7.27. The Morgan fingerprint density at radius 2 is 1.94 bits per heavy atom. The van der Waals surface area contributed by atoms with E-state index in [-0.39, 0.29) is 0 Å². The number of methoxy groups -OCH3 is 1. The van der Waals surface area contributed by atoms with Crippen molar-refractivity contribution in [2.45, 2.75) is 12.2 Å². The number of halogens is 4. The van der Waals surface area contributed by atoms with Crippen molar-refractivity contribution in [3.05, 3.63) is 23.5 Å². The molecule has 0 saturated heterocycles. The van der Waals surface area contributed by atoms with Gasteiger partial charge in [0.1, 0.15) is 11.9 Å². The number of nitrogens with two attached hydrogens (primary N) is 1. The molecular weight excluding hydrogens is 230 g/mol. The predicted molar refractivity (Wildman–Crippen MR) is 47.6 cm³/mol. The second-order valence-electron chi connectivity index (χ2n) is 3.07. The highest BCUT2D eigenvalue weighted by molar-refractivity contribution is 5.47. The molecule has 1 aromatic carbocycles. The van der Waals surface area contributed by atoms with Crippen LogP contribution in [-0.4, -0.2) is 18.4 Å². The molecule has 90 valence electrons. The number of hydrogen-bond donors (Lipinski definition) is 2. The van der Waals surface area contributed by atoms with Crippen molar-refractivity contribution in [1.82, 2.24) is 0 Å². The van der Waals surface area contributed by atoms with Crippen LogP contribution in [0.1, 0.15) is 11.6 Å². The minimum Gasteiger partial charge on any atom is -0.504 e. The molecule has 0 aromatic heterocycles. The average molecular weight is 239 g/mol. The molecule has 0 amide bonds. The Labute approximate surface area is 88.4 Å². The number of ether oxygens (including phenoxy) is 1. The molecule has 0 radical (unpaired) electrons. The third kappa shape index (κ3) is 2.35. The summed E-state index contributed by atoms with van der Waals surface area (Å²) in [5, 5.41) is 9.38. The number of aromatic hydroxyl groups is 1. The van der Waals surface area contributed by atoms with Gasteiger partial charge in [-0.3, -0.25) is 0 Å². The zero-order chi connectivity index (χ0) is 12.5. The molecule has 3 nitrogen and oxygen atoms in total. The Kier molecular flexibility index (Phi) is 3.27. The number of rotatable bonds is 2. The highest BCUT2D eigenvalue weighted by Gasteiger charge is 2.40. The van der Waals surface area contributed by atoms with Crippen molar-refractivity contribution in [2.75, 3.05) is 7.11 Å². The van der Waals surface area contributed by atoms with Crippen LogP contribution in [0.25, 0.3) is 0 Å². The van der Waals surface area contributed by atoms with Crippen LogP contribution in [-0.2, 0) is 0 Å². The highest BCUT2D eigenvalue weighted by Crippen LogP contribution is 2.39. The minimum atomic E-state index is -4.77. The lowest BCUT2D eigenvalue weighted by Crippen LogP contribution is -2.28. The zero-order valence-electron chi connectivity index (χ0n) is 8.18. The van der Waals surface area contributed by atoms with E-state index in [1.807, 2.05) is 0 Å². The van der Waals surface area contributed by atoms with E-state index in [0.29, 0.717) is 6.07 Å². The molecular formula is C9H9F4NO2. The number of hydrogen-bond acceptors (Lipinski definition) is 3. The topological polar surface area (TPSA) is 55.5 Å². The van der Waals surface area contributed by atoms with Gasteiger partial charge in [0, 0.05) is 11.6 Å². The van der Waals surface area contributed by atoms with E-state index >= 15 is 0 Å². The third-order valence-electron chi connectivity index (χ3n) is 1.98. The van der Waals surface area contributed by atoms with E-state index in [1.54, 1.807) is 0 Å². The molecule has 0 aliphatic carbocycles. The van der Waals surface area contributed by atoms with Crippen molar-refractivity contribution in [2.24, 2.45) is 5.73 Å². The van der Waals surface area contributed by atoms with Crippen LogP contribution in [0.2, 0.25) is 0 Å². The number of phenolic OH excluding ortho intramolecular Hbond substituents is 1. The predicted octanol–water partition coefficient (Wildman–Crippen LogP) is 2.10. The maximum Gasteiger partial charge on any atom is 0.407 e. The fourth-order valence-corrected chi connectivity index (χ4v) is 1.16. The Morgan fingerprint density at radius 1 is 1.38 bits per heavy atom. The van der Waals surface area contributed by atoms with Gasteiger partial charge in [0.05, 0.1) is 7.11 Å². The maximum absolute atomic E-state index is 12.9. The Hall–Kier alpha value is -1.50. The molecule has 0 aliphatic rings. The van der Waals surface area contributed by atoms with Gasteiger partial charge in [-0.2, -0.15) is 13.2 Å². The summed E-state index contributed by atoms with van der Waals surface area (Å²) in [6.07, 6.45) is -4.77. The summed E-state index contributed by atoms with van der Waals surface area (Å²) < 4.78 is 54.3. The fourth-order valence-electron chi connectivity index (χ4n) is 1.16. The first-order valence-corrected chi connectivity index (χ1v) is 4.16. The van der Waals surface area contributed by atoms with Gasteiger partial charge in [0.2, 0.25) is 0 Å². The molecule has 0 fully saturated rings. The van der Waals surface area contributed by atoms with Gasteiger partial charge >= 0.3 is 6.18 Å². The van der Waals surface area contributed by atoms with E-state index in [2.05, 4.69) is 4.74 Å². The standard InChI is InChI=1S/C9H9F4NO2/c1-16-6-3-4(10)2-5(7(6)15)8(14)9(11,12)13/h2-3,8,15H,14H2,1H3/t8-/m1/s1. The van der Waals surface area contributed by atoms with Gasteiger partial charge in [-0.15, -0.1) is 0 Å². The smallest absolute Gasteiger partial charge is 0.407 e. The zero-order valence-corrected chi connectivity index (χ0v) is 8.18. The van der Waals surface area contributed by atoms with Gasteiger partial charge in [-0.05, 0) is 6.07 Å². The van der Waals surface area contributed by atoms with Crippen molar-refractivity contribution < 1.29 is 27.4 Å². The summed E-state index contributed by atoms with van der Waals surface area (Å²) in [6.45, 7) is 0. The second kappa shape index (κ2) is 4.17. The van der Waals surface area contributed by atoms with E-state index in [4.69, 9.17) is 5.73 Å². The molecule has 16 heavy (non-hydrogen) atoms. The third-order valence-corrected chi connectivity index (χ3v) is 1.98. The molecule has 0 bridgehead atoms. The molecule has 3 N–H and O–H groups in total. The summed E-state index contributed by atoms with van der Waals surface area (Å²) in [5.41, 5.74) is 4.10. The van der Waals surface area contributed by atoms with Gasteiger partial charge < -0.3 is 15.6 Å². The normalized spacial score (nSPS) is 13.6. The van der Waals surface area contributed by atoms with E-state index < -0.39 is 35.1 Å². The molecule has 0 unspecified atom stereocenters. The summed E-state index contributed by atoms with van der Waals surface area (Å²) in [6, 6.07) is -1.17. The summed E-state index contributed by atoms with van der Waals surface area (Å²) in [4.78, 5) is 0. The van der Waals surface area contributed by atoms with Crippen LogP contribution in [0.4, 0.5) is 17.6 Å². The number of alkyl halides is 3. The Balaban J connectivity index is 3.28. The van der Waals surface area contributed by atoms with Gasteiger partial charge in [0.15, 0.2) is 11.5 Å². The van der Waals surface area contributed by atoms with Crippen LogP contribution in [0.15, 0.2) is 12.1 Å². The lowest BCUT2D eigenvalue weighted by atomic mass is 10.1. The lowest BCUT2D eigenvalue weighted by molar-refractivity contribution is -0.149. The van der Waals surface area contributed by atoms with Crippen LogP contribution >= 0.6 is 0 Å². The molecule has 1 aromatic rings. The van der Waals surface area contributed by atoms with Gasteiger partial charge in [-0.25, -0.2) is 4.39 Å². The highest BCUT2D eigenvalue weighted by atomic mass is 19.4. The van der Waals surface area contributed by atoms with Crippen LogP contribution < -0.4 is 10.5 Å². The SMILES string of the molecule is COc1cc(F)cc([C@@H](N)C(F)(F)F)c1O. The van der Waals surface area contributed by atoms with Crippen molar-refractivity contribution in [3.8, 4) is 11.5 Å². The minimum absolute atomic E-state index is 0.394. The molecule has 0 heterocycles. The van der Waals surface area contributed by atoms with Gasteiger partial charge in [-0.1, -0.05) is 0 Å². The number of phenols is 1. The van der Waals surface area contributed by atoms with Crippen LogP contribution in [0, 0.1) is 5.82 Å². The van der Waals surface area contributed by atoms with Crippen LogP contribution in [0.5, 0.6) is 11.5 Å². The average Bonchev–Trinajstić information content (AvgIpc) is 2.18. The Morgan fingerprint density at radius 3 is 2.38 bits per heavy atom. The fraction of sp³-hybridized carbons (Fsp3) is 0.333. The van der Waals surface area contributed by atoms with Crippen molar-refractivity contribution in [3.63, 3.8) is 0 Å². The molecule has 7 heteroatoms. The van der Waals surface area contributed by atoms with Crippen molar-refractivity contribution in [1.29, 1.82) is 0 Å². The maximum atomic E-state index is 12.9. The number of benzene rings is 1. The second-order valence-corrected chi connectivity index (χ2v) is 3.07. The quantitative estimate of drug-likeness (QED) is 0.777. The van der Waals surface area contributed by atoms with Crippen molar-refractivity contribution >= 4 is 0 Å². The Bertz CT molecular complexity index is 392. The van der Waals surface area contributed by atoms with Gasteiger partial charge in [0.25, 0.3) is 0 Å².